The molecule has 0 aliphatic heterocycles. The van der Waals surface area contributed by atoms with Gasteiger partial charge in [0.2, 0.25) is 0 Å². The summed E-state index contributed by atoms with van der Waals surface area (Å²) in [6, 6.07) is 7.51. The van der Waals surface area contributed by atoms with E-state index in [0.717, 1.165) is 12.1 Å². The fraction of sp³-hybridized carbons (Fsp3) is 0.417. The van der Waals surface area contributed by atoms with Crippen LogP contribution in [0.1, 0.15) is 16.8 Å². The summed E-state index contributed by atoms with van der Waals surface area (Å²) < 4.78 is 0. The van der Waals surface area contributed by atoms with Gasteiger partial charge in [0.15, 0.2) is 0 Å². The van der Waals surface area contributed by atoms with Crippen molar-refractivity contribution in [3.63, 3.8) is 0 Å². The summed E-state index contributed by atoms with van der Waals surface area (Å²) in [5.74, 6) is -0.0428. The molecule has 0 saturated heterocycles. The molecular weight excluding hydrogens is 202 g/mol. The second-order valence-corrected chi connectivity index (χ2v) is 3.84. The maximum absolute atomic E-state index is 11.6. The molecule has 16 heavy (non-hydrogen) atoms. The highest BCUT2D eigenvalue weighted by molar-refractivity contribution is 5.94. The van der Waals surface area contributed by atoms with Crippen LogP contribution in [-0.2, 0) is 0 Å². The number of carbonyl (C=O) groups excluding carboxylic acids is 1. The monoisotopic (exact) mass is 221 g/mol. The zero-order valence-corrected chi connectivity index (χ0v) is 9.86. The molecule has 0 heterocycles. The van der Waals surface area contributed by atoms with E-state index in [0.29, 0.717) is 18.7 Å². The molecule has 0 radical (unpaired) electrons. The minimum atomic E-state index is -0.0428. The smallest absolute Gasteiger partial charge is 0.251 e. The Labute approximate surface area is 96.4 Å². The van der Waals surface area contributed by atoms with Crippen LogP contribution in [0.4, 0.5) is 5.69 Å². The lowest BCUT2D eigenvalue weighted by molar-refractivity contribution is 0.0953. The molecule has 0 aliphatic carbocycles. The van der Waals surface area contributed by atoms with Gasteiger partial charge in [0.25, 0.3) is 5.91 Å². The van der Waals surface area contributed by atoms with Gasteiger partial charge in [-0.25, -0.2) is 0 Å². The highest BCUT2D eigenvalue weighted by atomic mass is 16.1. The summed E-state index contributed by atoms with van der Waals surface area (Å²) >= 11 is 0. The molecule has 0 spiro atoms. The molecule has 0 aromatic heterocycles. The summed E-state index contributed by atoms with van der Waals surface area (Å²) in [7, 11) is 3.94. The number of benzene rings is 1. The summed E-state index contributed by atoms with van der Waals surface area (Å²) in [6.45, 7) is 1.23. The SMILES string of the molecule is CN(C)c1ccc(C(=O)NCCCN)cc1. The van der Waals surface area contributed by atoms with E-state index in [1.54, 1.807) is 0 Å². The van der Waals surface area contributed by atoms with E-state index in [1.807, 2.05) is 43.3 Å². The third kappa shape index (κ3) is 3.55. The van der Waals surface area contributed by atoms with Crippen LogP contribution in [0.3, 0.4) is 0 Å². The fourth-order valence-electron chi connectivity index (χ4n) is 1.32. The van der Waals surface area contributed by atoms with Gasteiger partial charge in [0.05, 0.1) is 0 Å². The summed E-state index contributed by atoms with van der Waals surface area (Å²) in [4.78, 5) is 13.6. The van der Waals surface area contributed by atoms with Gasteiger partial charge >= 0.3 is 0 Å². The molecule has 1 rings (SSSR count). The second kappa shape index (κ2) is 6.12. The van der Waals surface area contributed by atoms with Gasteiger partial charge < -0.3 is 16.0 Å². The first-order valence-electron chi connectivity index (χ1n) is 5.41. The Balaban J connectivity index is 2.56. The molecule has 0 saturated carbocycles. The number of hydrogen-bond acceptors (Lipinski definition) is 3. The van der Waals surface area contributed by atoms with Crippen LogP contribution in [0.2, 0.25) is 0 Å². The zero-order chi connectivity index (χ0) is 12.0. The Morgan fingerprint density at radius 2 is 1.94 bits per heavy atom. The van der Waals surface area contributed by atoms with Crippen LogP contribution in [0.5, 0.6) is 0 Å². The van der Waals surface area contributed by atoms with E-state index < -0.39 is 0 Å². The lowest BCUT2D eigenvalue weighted by Gasteiger charge is -2.12. The summed E-state index contributed by atoms with van der Waals surface area (Å²) in [5.41, 5.74) is 7.11. The molecule has 0 bridgehead atoms. The van der Waals surface area contributed by atoms with Gasteiger partial charge in [-0.3, -0.25) is 4.79 Å². The van der Waals surface area contributed by atoms with Crippen LogP contribution in [0.25, 0.3) is 0 Å². The van der Waals surface area contributed by atoms with E-state index in [2.05, 4.69) is 5.32 Å². The van der Waals surface area contributed by atoms with Gasteiger partial charge in [-0.1, -0.05) is 0 Å². The van der Waals surface area contributed by atoms with Crippen LogP contribution < -0.4 is 16.0 Å². The van der Waals surface area contributed by atoms with E-state index in [4.69, 9.17) is 5.73 Å². The van der Waals surface area contributed by atoms with Crippen molar-refractivity contribution in [3.05, 3.63) is 29.8 Å². The fourth-order valence-corrected chi connectivity index (χ4v) is 1.32. The zero-order valence-electron chi connectivity index (χ0n) is 9.86. The Hall–Kier alpha value is -1.55. The number of nitrogens with two attached hydrogens (primary N) is 1. The van der Waals surface area contributed by atoms with Crippen molar-refractivity contribution in [1.29, 1.82) is 0 Å². The van der Waals surface area contributed by atoms with Crippen molar-refractivity contribution in [2.24, 2.45) is 5.73 Å². The topological polar surface area (TPSA) is 58.4 Å². The molecule has 4 heteroatoms. The van der Waals surface area contributed by atoms with Gasteiger partial charge in [0, 0.05) is 31.9 Å². The van der Waals surface area contributed by atoms with E-state index in [1.165, 1.54) is 0 Å². The molecule has 1 aromatic carbocycles. The molecule has 0 fully saturated rings. The maximum Gasteiger partial charge on any atom is 0.251 e. The predicted molar refractivity (Wildman–Crippen MR) is 66.8 cm³/mol. The minimum absolute atomic E-state index is 0.0428. The number of nitrogens with zero attached hydrogens (tertiary/aromatic N) is 1. The Morgan fingerprint density at radius 1 is 1.31 bits per heavy atom. The molecule has 1 aromatic rings. The minimum Gasteiger partial charge on any atom is -0.378 e. The van der Waals surface area contributed by atoms with E-state index >= 15 is 0 Å². The van der Waals surface area contributed by atoms with Crippen LogP contribution in [-0.4, -0.2) is 33.1 Å². The van der Waals surface area contributed by atoms with Gasteiger partial charge in [-0.05, 0) is 37.2 Å². The van der Waals surface area contributed by atoms with Gasteiger partial charge in [-0.15, -0.1) is 0 Å². The summed E-state index contributed by atoms with van der Waals surface area (Å²) in [5, 5.41) is 2.82. The first-order chi connectivity index (χ1) is 7.65. The number of anilines is 1. The largest absolute Gasteiger partial charge is 0.378 e. The Morgan fingerprint density at radius 3 is 2.44 bits per heavy atom. The first-order valence-corrected chi connectivity index (χ1v) is 5.41. The van der Waals surface area contributed by atoms with Crippen molar-refractivity contribution in [2.45, 2.75) is 6.42 Å². The van der Waals surface area contributed by atoms with E-state index in [9.17, 15) is 4.79 Å². The number of nitrogens with one attached hydrogen (secondary N) is 1. The highest BCUT2D eigenvalue weighted by Crippen LogP contribution is 2.11. The molecule has 0 aliphatic rings. The number of carbonyl (C=O) groups is 1. The molecule has 0 unspecified atom stereocenters. The first kappa shape index (κ1) is 12.5. The average molecular weight is 221 g/mol. The van der Waals surface area contributed by atoms with Crippen molar-refractivity contribution in [2.75, 3.05) is 32.1 Å². The van der Waals surface area contributed by atoms with Crippen LogP contribution in [0.15, 0.2) is 24.3 Å². The molecule has 3 N–H and O–H groups in total. The second-order valence-electron chi connectivity index (χ2n) is 3.84. The quantitative estimate of drug-likeness (QED) is 0.724. The normalized spacial score (nSPS) is 9.94. The van der Waals surface area contributed by atoms with Gasteiger partial charge in [0.1, 0.15) is 0 Å². The molecular formula is C12H19N3O. The Kier molecular flexibility index (Phi) is 4.79. The number of amides is 1. The van der Waals surface area contributed by atoms with Crippen molar-refractivity contribution < 1.29 is 4.79 Å². The van der Waals surface area contributed by atoms with Gasteiger partial charge in [-0.2, -0.15) is 0 Å². The predicted octanol–water partition coefficient (Wildman–Crippen LogP) is 0.831. The Bertz CT molecular complexity index is 333. The molecule has 4 nitrogen and oxygen atoms in total. The number of hydrogen-bond donors (Lipinski definition) is 2. The van der Waals surface area contributed by atoms with E-state index in [-0.39, 0.29) is 5.91 Å². The lowest BCUT2D eigenvalue weighted by Crippen LogP contribution is -2.25. The molecule has 88 valence electrons. The van der Waals surface area contributed by atoms with Crippen LogP contribution >= 0.6 is 0 Å². The third-order valence-electron chi connectivity index (χ3n) is 2.31. The molecule has 1 amide bonds. The van der Waals surface area contributed by atoms with Crippen molar-refractivity contribution >= 4 is 11.6 Å². The summed E-state index contributed by atoms with van der Waals surface area (Å²) in [6.07, 6.45) is 0.807. The highest BCUT2D eigenvalue weighted by Gasteiger charge is 2.04. The lowest BCUT2D eigenvalue weighted by atomic mass is 10.2. The standard InChI is InChI=1S/C12H19N3O/c1-15(2)11-6-4-10(5-7-11)12(16)14-9-3-8-13/h4-7H,3,8-9,13H2,1-2H3,(H,14,16). The average Bonchev–Trinajstić information content (AvgIpc) is 2.29. The number of rotatable bonds is 5. The maximum atomic E-state index is 11.6. The van der Waals surface area contributed by atoms with Crippen molar-refractivity contribution in [1.82, 2.24) is 5.32 Å². The molecule has 0 atom stereocenters. The third-order valence-corrected chi connectivity index (χ3v) is 2.31. The van der Waals surface area contributed by atoms with Crippen LogP contribution in [0, 0.1) is 0 Å². The van der Waals surface area contributed by atoms with Crippen molar-refractivity contribution in [3.8, 4) is 0 Å².